The summed E-state index contributed by atoms with van der Waals surface area (Å²) in [6.07, 6.45) is 16.0. The van der Waals surface area contributed by atoms with E-state index in [4.69, 9.17) is 9.97 Å². The summed E-state index contributed by atoms with van der Waals surface area (Å²) in [5.41, 5.74) is 11.5. The van der Waals surface area contributed by atoms with Crippen LogP contribution < -0.4 is 10.6 Å². The highest BCUT2D eigenvalue weighted by Crippen LogP contribution is 2.37. The molecule has 0 saturated carbocycles. The first-order valence-electron chi connectivity index (χ1n) is 16.0. The number of anilines is 4. The van der Waals surface area contributed by atoms with E-state index in [-0.39, 0.29) is 0 Å². The number of hydrogen-bond acceptors (Lipinski definition) is 4. The third-order valence-corrected chi connectivity index (χ3v) is 8.27. The number of nitrogens with zero attached hydrogens (tertiary/aromatic N) is 2. The lowest BCUT2D eigenvalue weighted by molar-refractivity contribution is 0.667. The maximum Gasteiger partial charge on any atom is 0.0986 e. The third kappa shape index (κ3) is 7.10. The molecule has 0 aliphatic heterocycles. The highest BCUT2D eigenvalue weighted by atomic mass is 14.9. The second-order valence-corrected chi connectivity index (χ2v) is 11.8. The van der Waals surface area contributed by atoms with Crippen molar-refractivity contribution in [3.8, 4) is 0 Å². The topological polar surface area (TPSA) is 49.8 Å². The van der Waals surface area contributed by atoms with Crippen LogP contribution in [0.4, 0.5) is 22.7 Å². The number of unbranched alkanes of at least 4 members (excludes halogenated alkanes) is 6. The highest BCUT2D eigenvalue weighted by Gasteiger charge is 2.17. The molecule has 0 fully saturated rings. The zero-order valence-corrected chi connectivity index (χ0v) is 25.9. The zero-order chi connectivity index (χ0) is 29.3. The van der Waals surface area contributed by atoms with Gasteiger partial charge in [-0.2, -0.15) is 0 Å². The van der Waals surface area contributed by atoms with Gasteiger partial charge in [0.15, 0.2) is 0 Å². The van der Waals surface area contributed by atoms with Gasteiger partial charge in [-0.1, -0.05) is 87.8 Å². The quantitative estimate of drug-likeness (QED) is 0.105. The molecule has 5 rings (SSSR count). The van der Waals surface area contributed by atoms with Crippen molar-refractivity contribution in [1.29, 1.82) is 0 Å². The molecular formula is C38H46N4. The number of aryl methyl sites for hydroxylation is 4. The molecule has 2 heterocycles. The molecule has 0 spiro atoms. The van der Waals surface area contributed by atoms with E-state index in [9.17, 15) is 0 Å². The molecule has 0 aliphatic rings. The number of aromatic nitrogens is 2. The van der Waals surface area contributed by atoms with Crippen LogP contribution in [0.5, 0.6) is 0 Å². The van der Waals surface area contributed by atoms with Gasteiger partial charge in [0.25, 0.3) is 0 Å². The molecule has 0 bridgehead atoms. The maximum atomic E-state index is 5.07. The number of benzene rings is 3. The van der Waals surface area contributed by atoms with Gasteiger partial charge in [-0.25, -0.2) is 0 Å². The average molecular weight is 559 g/mol. The van der Waals surface area contributed by atoms with E-state index in [0.717, 1.165) is 57.4 Å². The van der Waals surface area contributed by atoms with Crippen LogP contribution in [-0.2, 0) is 12.8 Å². The summed E-state index contributed by atoms with van der Waals surface area (Å²) >= 11 is 0. The van der Waals surface area contributed by atoms with Crippen LogP contribution in [-0.4, -0.2) is 9.97 Å². The molecule has 218 valence electrons. The Kier molecular flexibility index (Phi) is 10.1. The fourth-order valence-corrected chi connectivity index (χ4v) is 5.73. The molecule has 0 aliphatic carbocycles. The third-order valence-electron chi connectivity index (χ3n) is 8.27. The van der Waals surface area contributed by atoms with Crippen LogP contribution in [0.15, 0.2) is 73.1 Å². The minimum absolute atomic E-state index is 0.948. The van der Waals surface area contributed by atoms with Gasteiger partial charge in [-0.3, -0.25) is 9.97 Å². The van der Waals surface area contributed by atoms with Gasteiger partial charge in [-0.15, -0.1) is 0 Å². The van der Waals surface area contributed by atoms with E-state index < -0.39 is 0 Å². The monoisotopic (exact) mass is 558 g/mol. The summed E-state index contributed by atoms with van der Waals surface area (Å²) in [6.45, 7) is 8.78. The molecule has 5 aromatic rings. The van der Waals surface area contributed by atoms with Crippen molar-refractivity contribution >= 4 is 44.6 Å². The van der Waals surface area contributed by atoms with Gasteiger partial charge < -0.3 is 10.6 Å². The number of hydrogen-bond donors (Lipinski definition) is 2. The van der Waals surface area contributed by atoms with Gasteiger partial charge in [-0.05, 0) is 87.1 Å². The lowest BCUT2D eigenvalue weighted by Crippen LogP contribution is -2.03. The Morgan fingerprint density at radius 2 is 0.905 bits per heavy atom. The molecule has 4 nitrogen and oxygen atoms in total. The van der Waals surface area contributed by atoms with E-state index in [2.05, 4.69) is 111 Å². The minimum Gasteiger partial charge on any atom is -0.355 e. The molecule has 42 heavy (non-hydrogen) atoms. The molecule has 2 N–H and O–H groups in total. The van der Waals surface area contributed by atoms with Crippen molar-refractivity contribution in [2.45, 2.75) is 91.9 Å². The number of pyridine rings is 2. The van der Waals surface area contributed by atoms with Crippen molar-refractivity contribution in [1.82, 2.24) is 9.97 Å². The van der Waals surface area contributed by atoms with Crippen molar-refractivity contribution in [2.75, 3.05) is 10.6 Å². The summed E-state index contributed by atoms with van der Waals surface area (Å²) in [6, 6.07) is 21.8. The first-order chi connectivity index (χ1) is 20.6. The van der Waals surface area contributed by atoms with Gasteiger partial charge in [0.2, 0.25) is 0 Å². The molecular weight excluding hydrogens is 512 g/mol. The van der Waals surface area contributed by atoms with Gasteiger partial charge in [0.1, 0.15) is 0 Å². The van der Waals surface area contributed by atoms with Gasteiger partial charge >= 0.3 is 0 Å². The lowest BCUT2D eigenvalue weighted by atomic mass is 9.99. The Bertz CT molecular complexity index is 1480. The zero-order valence-electron chi connectivity index (χ0n) is 25.9. The Balaban J connectivity index is 1.60. The first kappa shape index (κ1) is 29.6. The molecule has 0 amide bonds. The SMILES string of the molecule is CCCCCCc1cnc2c(ccc3c(Nc4ccc(C)cc4)c(CCCCCC)cnc32)c1Nc1ccc(C)cc1. The first-order valence-corrected chi connectivity index (χ1v) is 16.0. The van der Waals surface area contributed by atoms with Crippen molar-refractivity contribution in [2.24, 2.45) is 0 Å². The van der Waals surface area contributed by atoms with Gasteiger partial charge in [0.05, 0.1) is 22.4 Å². The lowest BCUT2D eigenvalue weighted by Gasteiger charge is -2.19. The summed E-state index contributed by atoms with van der Waals surface area (Å²) in [4.78, 5) is 10.1. The second kappa shape index (κ2) is 14.3. The smallest absolute Gasteiger partial charge is 0.0986 e. The Hall–Kier alpha value is -3.92. The van der Waals surface area contributed by atoms with E-state index >= 15 is 0 Å². The average Bonchev–Trinajstić information content (AvgIpc) is 3.01. The Morgan fingerprint density at radius 1 is 0.500 bits per heavy atom. The minimum atomic E-state index is 0.948. The van der Waals surface area contributed by atoms with E-state index in [0.29, 0.717) is 0 Å². The molecule has 0 unspecified atom stereocenters. The van der Waals surface area contributed by atoms with Crippen molar-refractivity contribution in [3.05, 3.63) is 95.3 Å². The van der Waals surface area contributed by atoms with Crippen LogP contribution >= 0.6 is 0 Å². The molecule has 0 radical (unpaired) electrons. The van der Waals surface area contributed by atoms with Crippen molar-refractivity contribution in [3.63, 3.8) is 0 Å². The largest absolute Gasteiger partial charge is 0.355 e. The van der Waals surface area contributed by atoms with Crippen LogP contribution in [0.1, 0.15) is 87.5 Å². The normalized spacial score (nSPS) is 11.3. The maximum absolute atomic E-state index is 5.07. The highest BCUT2D eigenvalue weighted by molar-refractivity contribution is 6.12. The van der Waals surface area contributed by atoms with Gasteiger partial charge in [0, 0.05) is 34.5 Å². The number of nitrogens with one attached hydrogen (secondary N) is 2. The van der Waals surface area contributed by atoms with Crippen molar-refractivity contribution < 1.29 is 0 Å². The molecule has 0 atom stereocenters. The summed E-state index contributed by atoms with van der Waals surface area (Å²) < 4.78 is 0. The molecule has 0 saturated heterocycles. The predicted molar refractivity (Wildman–Crippen MR) is 182 cm³/mol. The molecule has 4 heteroatoms. The Morgan fingerprint density at radius 3 is 1.29 bits per heavy atom. The van der Waals surface area contributed by atoms with Crippen LogP contribution in [0, 0.1) is 13.8 Å². The van der Waals surface area contributed by atoms with Crippen LogP contribution in [0.2, 0.25) is 0 Å². The molecule has 2 aromatic heterocycles. The standard InChI is InChI=1S/C38H46N4/c1-5-7-9-11-13-29-25-39-37-33(35(29)41-31-19-15-27(3)16-20-31)23-24-34-36(42-32-21-17-28(4)18-22-32)30(26-40-38(34)37)14-12-10-8-6-2/h15-26H,5-14H2,1-4H3,(H,39,41)(H,40,42). The Labute approximate surface area is 252 Å². The van der Waals surface area contributed by atoms with E-state index in [1.54, 1.807) is 0 Å². The second-order valence-electron chi connectivity index (χ2n) is 11.8. The number of rotatable bonds is 14. The summed E-state index contributed by atoms with van der Waals surface area (Å²) in [5.74, 6) is 0. The summed E-state index contributed by atoms with van der Waals surface area (Å²) in [7, 11) is 0. The van der Waals surface area contributed by atoms with E-state index in [1.165, 1.54) is 73.6 Å². The predicted octanol–water partition coefficient (Wildman–Crippen LogP) is 11.1. The van der Waals surface area contributed by atoms with E-state index in [1.807, 2.05) is 0 Å². The van der Waals surface area contributed by atoms with Crippen LogP contribution in [0.25, 0.3) is 21.8 Å². The fraction of sp³-hybridized carbons (Fsp3) is 0.368. The molecule has 3 aromatic carbocycles. The number of fused-ring (bicyclic) bond motifs is 3. The fourth-order valence-electron chi connectivity index (χ4n) is 5.73. The summed E-state index contributed by atoms with van der Waals surface area (Å²) in [5, 5.41) is 9.80. The van der Waals surface area contributed by atoms with Crippen LogP contribution in [0.3, 0.4) is 0 Å².